The summed E-state index contributed by atoms with van der Waals surface area (Å²) >= 11 is 0. The highest BCUT2D eigenvalue weighted by Gasteiger charge is 2.33. The fraction of sp³-hybridized carbons (Fsp3) is 0.355. The highest BCUT2D eigenvalue weighted by Crippen LogP contribution is 2.23. The van der Waals surface area contributed by atoms with Crippen LogP contribution in [0.5, 0.6) is 5.75 Å². The molecule has 0 spiro atoms. The molecule has 0 saturated heterocycles. The number of carbonyl (C=O) groups excluding carboxylic acids is 2. The van der Waals surface area contributed by atoms with Crippen molar-refractivity contribution >= 4 is 27.5 Å². The van der Waals surface area contributed by atoms with Gasteiger partial charge < -0.3 is 15.0 Å². The molecule has 3 aromatic rings. The van der Waals surface area contributed by atoms with E-state index in [0.29, 0.717) is 18.0 Å². The van der Waals surface area contributed by atoms with E-state index in [1.165, 1.54) is 4.90 Å². The van der Waals surface area contributed by atoms with Gasteiger partial charge in [-0.05, 0) is 66.8 Å². The van der Waals surface area contributed by atoms with Crippen LogP contribution in [-0.4, -0.2) is 57.6 Å². The number of anilines is 1. The van der Waals surface area contributed by atoms with Crippen LogP contribution in [-0.2, 0) is 32.6 Å². The van der Waals surface area contributed by atoms with Gasteiger partial charge in [-0.1, -0.05) is 55.5 Å². The number of sulfonamides is 1. The van der Waals surface area contributed by atoms with Crippen molar-refractivity contribution in [2.45, 2.75) is 46.2 Å². The second-order valence-corrected chi connectivity index (χ2v) is 11.9. The van der Waals surface area contributed by atoms with E-state index in [9.17, 15) is 18.0 Å². The van der Waals surface area contributed by atoms with Gasteiger partial charge in [-0.3, -0.25) is 13.9 Å². The Labute approximate surface area is 238 Å². The Balaban J connectivity index is 2.07. The molecule has 1 atom stereocenters. The molecule has 3 aromatic carbocycles. The number of aryl methyl sites for hydroxylation is 2. The number of carbonyl (C=O) groups is 2. The predicted octanol–water partition coefficient (Wildman–Crippen LogP) is 4.24. The summed E-state index contributed by atoms with van der Waals surface area (Å²) in [7, 11) is -2.26. The smallest absolute Gasteiger partial charge is 0.244 e. The summed E-state index contributed by atoms with van der Waals surface area (Å²) in [6.07, 6.45) is 2.09. The standard InChI is InChI=1S/C31H39N3O5S/c1-6-15-32-31(36)29(20-25-11-8-7-9-12-25)33(21-26-13-10-14-28(19-26)39-4)30(35)22-34(40(5,37)38)27-17-23(2)16-24(3)18-27/h7-14,16-19,29H,6,15,20-22H2,1-5H3,(H,32,36)/t29-/m0/s1. The van der Waals surface area contributed by atoms with Gasteiger partial charge in [-0.2, -0.15) is 0 Å². The number of hydrogen-bond acceptors (Lipinski definition) is 5. The number of rotatable bonds is 13. The molecule has 3 rings (SSSR count). The third-order valence-corrected chi connectivity index (χ3v) is 7.62. The van der Waals surface area contributed by atoms with Crippen LogP contribution in [0.2, 0.25) is 0 Å². The van der Waals surface area contributed by atoms with Gasteiger partial charge in [0.15, 0.2) is 0 Å². The summed E-state index contributed by atoms with van der Waals surface area (Å²) in [5.74, 6) is -0.160. The van der Waals surface area contributed by atoms with Gasteiger partial charge in [-0.15, -0.1) is 0 Å². The molecule has 1 N–H and O–H groups in total. The lowest BCUT2D eigenvalue weighted by Gasteiger charge is -2.33. The molecule has 0 bridgehead atoms. The second-order valence-electron chi connectivity index (χ2n) is 9.99. The van der Waals surface area contributed by atoms with E-state index in [1.54, 1.807) is 25.3 Å². The van der Waals surface area contributed by atoms with Crippen molar-refractivity contribution in [3.05, 3.63) is 95.1 Å². The number of ether oxygens (including phenoxy) is 1. The van der Waals surface area contributed by atoms with E-state index in [1.807, 2.05) is 75.4 Å². The molecule has 8 nitrogen and oxygen atoms in total. The van der Waals surface area contributed by atoms with Gasteiger partial charge in [-0.25, -0.2) is 8.42 Å². The summed E-state index contributed by atoms with van der Waals surface area (Å²) in [5, 5.41) is 2.94. The third kappa shape index (κ3) is 8.58. The van der Waals surface area contributed by atoms with Gasteiger partial charge in [0.2, 0.25) is 21.8 Å². The van der Waals surface area contributed by atoms with Crippen LogP contribution in [0.4, 0.5) is 5.69 Å². The molecule has 2 amide bonds. The lowest BCUT2D eigenvalue weighted by Crippen LogP contribution is -2.53. The van der Waals surface area contributed by atoms with E-state index < -0.39 is 28.5 Å². The van der Waals surface area contributed by atoms with Crippen molar-refractivity contribution in [3.8, 4) is 5.75 Å². The van der Waals surface area contributed by atoms with Crippen molar-refractivity contribution in [3.63, 3.8) is 0 Å². The van der Waals surface area contributed by atoms with Gasteiger partial charge in [0.05, 0.1) is 19.1 Å². The van der Waals surface area contributed by atoms with Crippen LogP contribution in [0.1, 0.15) is 35.6 Å². The van der Waals surface area contributed by atoms with Crippen LogP contribution in [0.15, 0.2) is 72.8 Å². The number of amides is 2. The Hall–Kier alpha value is -3.85. The number of benzene rings is 3. The zero-order valence-corrected chi connectivity index (χ0v) is 24.7. The second kappa shape index (κ2) is 14.0. The van der Waals surface area contributed by atoms with Gasteiger partial charge in [0.1, 0.15) is 18.3 Å². The molecule has 0 radical (unpaired) electrons. The van der Waals surface area contributed by atoms with Crippen LogP contribution < -0.4 is 14.4 Å². The topological polar surface area (TPSA) is 96.0 Å². The molecule has 214 valence electrons. The first-order valence-electron chi connectivity index (χ1n) is 13.3. The normalized spacial score (nSPS) is 11.9. The molecule has 0 fully saturated rings. The molecule has 9 heteroatoms. The van der Waals surface area contributed by atoms with Gasteiger partial charge in [0.25, 0.3) is 0 Å². The predicted molar refractivity (Wildman–Crippen MR) is 159 cm³/mol. The molecule has 0 aliphatic carbocycles. The van der Waals surface area contributed by atoms with E-state index in [4.69, 9.17) is 4.74 Å². The Bertz CT molecular complexity index is 1390. The quantitative estimate of drug-likeness (QED) is 0.334. The largest absolute Gasteiger partial charge is 0.497 e. The van der Waals surface area contributed by atoms with Crippen molar-refractivity contribution < 1.29 is 22.7 Å². The average Bonchev–Trinajstić information content (AvgIpc) is 2.91. The van der Waals surface area contributed by atoms with Crippen molar-refractivity contribution in [2.24, 2.45) is 0 Å². The Morgan fingerprint density at radius 3 is 2.17 bits per heavy atom. The minimum atomic E-state index is -3.82. The number of nitrogens with one attached hydrogen (secondary N) is 1. The molecule has 0 heterocycles. The van der Waals surface area contributed by atoms with Crippen molar-refractivity contribution in [1.82, 2.24) is 10.2 Å². The Morgan fingerprint density at radius 1 is 0.925 bits per heavy atom. The maximum absolute atomic E-state index is 14.1. The van der Waals surface area contributed by atoms with Crippen molar-refractivity contribution in [1.29, 1.82) is 0 Å². The summed E-state index contributed by atoms with van der Waals surface area (Å²) in [4.78, 5) is 29.1. The van der Waals surface area contributed by atoms with E-state index in [-0.39, 0.29) is 18.9 Å². The highest BCUT2D eigenvalue weighted by molar-refractivity contribution is 7.92. The minimum Gasteiger partial charge on any atom is -0.497 e. The minimum absolute atomic E-state index is 0.0948. The van der Waals surface area contributed by atoms with Crippen LogP contribution in [0.3, 0.4) is 0 Å². The summed E-state index contributed by atoms with van der Waals surface area (Å²) in [6.45, 7) is 5.82. The highest BCUT2D eigenvalue weighted by atomic mass is 32.2. The molecular formula is C31H39N3O5S. The molecular weight excluding hydrogens is 526 g/mol. The number of nitrogens with zero attached hydrogens (tertiary/aromatic N) is 2. The summed E-state index contributed by atoms with van der Waals surface area (Å²) in [6, 6.07) is 21.3. The summed E-state index contributed by atoms with van der Waals surface area (Å²) in [5.41, 5.74) is 3.81. The zero-order valence-electron chi connectivity index (χ0n) is 23.9. The van der Waals surface area contributed by atoms with E-state index in [2.05, 4.69) is 5.32 Å². The number of hydrogen-bond donors (Lipinski definition) is 1. The Kier molecular flexibility index (Phi) is 10.7. The first kappa shape index (κ1) is 30.7. The van der Waals surface area contributed by atoms with Crippen molar-refractivity contribution in [2.75, 3.05) is 30.8 Å². The molecule has 0 aromatic heterocycles. The fourth-order valence-corrected chi connectivity index (χ4v) is 5.43. The lowest BCUT2D eigenvalue weighted by atomic mass is 10.0. The first-order valence-corrected chi connectivity index (χ1v) is 15.2. The SMILES string of the molecule is CCCNC(=O)[C@H](Cc1ccccc1)N(Cc1cccc(OC)c1)C(=O)CN(c1cc(C)cc(C)c1)S(C)(=O)=O. The first-order chi connectivity index (χ1) is 19.0. The number of methoxy groups -OCH3 is 1. The maximum atomic E-state index is 14.1. The van der Waals surface area contributed by atoms with E-state index >= 15 is 0 Å². The van der Waals surface area contributed by atoms with Crippen LogP contribution in [0, 0.1) is 13.8 Å². The molecule has 40 heavy (non-hydrogen) atoms. The van der Waals surface area contributed by atoms with E-state index in [0.717, 1.165) is 39.2 Å². The molecule has 0 aliphatic heterocycles. The zero-order chi connectivity index (χ0) is 29.3. The fourth-order valence-electron chi connectivity index (χ4n) is 4.60. The Morgan fingerprint density at radius 2 is 1.57 bits per heavy atom. The van der Waals surface area contributed by atoms with Crippen LogP contribution in [0.25, 0.3) is 0 Å². The molecule has 0 saturated carbocycles. The molecule has 0 aliphatic rings. The third-order valence-electron chi connectivity index (χ3n) is 6.48. The van der Waals surface area contributed by atoms with Gasteiger partial charge >= 0.3 is 0 Å². The lowest BCUT2D eigenvalue weighted by molar-refractivity contribution is -0.140. The maximum Gasteiger partial charge on any atom is 0.244 e. The molecule has 0 unspecified atom stereocenters. The summed E-state index contributed by atoms with van der Waals surface area (Å²) < 4.78 is 32.4. The van der Waals surface area contributed by atoms with Crippen LogP contribution >= 0.6 is 0 Å². The van der Waals surface area contributed by atoms with Gasteiger partial charge in [0, 0.05) is 19.5 Å². The monoisotopic (exact) mass is 565 g/mol. The average molecular weight is 566 g/mol.